The van der Waals surface area contributed by atoms with Gasteiger partial charge in [0.15, 0.2) is 0 Å². The van der Waals surface area contributed by atoms with Crippen LogP contribution in [-0.4, -0.2) is 9.97 Å². The molecule has 0 unspecified atom stereocenters. The molecule has 32 heavy (non-hydrogen) atoms. The van der Waals surface area contributed by atoms with Crippen molar-refractivity contribution in [3.63, 3.8) is 0 Å². The predicted octanol–water partition coefficient (Wildman–Crippen LogP) is 6.90. The fraction of sp³-hybridized carbons (Fsp3) is 0. The molecular weight excluding hydrogens is 576 g/mol. The van der Waals surface area contributed by atoms with E-state index < -0.39 is 0 Å². The molecule has 159 valence electrons. The van der Waals surface area contributed by atoms with Crippen molar-refractivity contribution in [1.29, 1.82) is 0 Å². The van der Waals surface area contributed by atoms with Gasteiger partial charge in [0, 0.05) is 38.3 Å². The Hall–Kier alpha value is -3.46. The van der Waals surface area contributed by atoms with Gasteiger partial charge >= 0.3 is 0 Å². The third-order valence-electron chi connectivity index (χ3n) is 4.57. The summed E-state index contributed by atoms with van der Waals surface area (Å²) < 4.78 is 13.0. The first-order valence-electron chi connectivity index (χ1n) is 9.87. The zero-order valence-corrected chi connectivity index (χ0v) is 19.5. The van der Waals surface area contributed by atoms with Crippen LogP contribution in [0.3, 0.4) is 0 Å². The summed E-state index contributed by atoms with van der Waals surface area (Å²) in [4.78, 5) is 8.62. The number of hydrogen-bond donors (Lipinski definition) is 0. The van der Waals surface area contributed by atoms with Gasteiger partial charge in [-0.3, -0.25) is 4.39 Å². The summed E-state index contributed by atoms with van der Waals surface area (Å²) >= 11 is 0. The van der Waals surface area contributed by atoms with Crippen molar-refractivity contribution in [2.45, 2.75) is 0 Å². The summed E-state index contributed by atoms with van der Waals surface area (Å²) in [5, 5.41) is 0. The Bertz CT molecular complexity index is 1180. The van der Waals surface area contributed by atoms with Gasteiger partial charge in [-0.1, -0.05) is 48.5 Å². The first-order valence-corrected chi connectivity index (χ1v) is 9.87. The number of aromatic nitrogens is 2. The zero-order chi connectivity index (χ0) is 21.3. The van der Waals surface area contributed by atoms with Crippen LogP contribution in [0.5, 0.6) is 0 Å². The maximum absolute atomic E-state index is 13.0. The van der Waals surface area contributed by atoms with Crippen LogP contribution in [0, 0.1) is 17.9 Å². The van der Waals surface area contributed by atoms with Crippen LogP contribution in [0.15, 0.2) is 116 Å². The minimum Gasteiger partial charge on any atom is -0.305 e. The molecule has 3 aromatic carbocycles. The zero-order valence-electron chi connectivity index (χ0n) is 17.1. The number of halogens is 1. The molecule has 0 atom stereocenters. The SMILES string of the molecule is Fc1c[c-]c(-c2ncccc2-c2ccccc2)cc1.[Ir].[c-]1ccccc1-c1ccccn1. The maximum atomic E-state index is 13.0. The van der Waals surface area contributed by atoms with Gasteiger partial charge in [0.25, 0.3) is 0 Å². The molecular formula is C28H19FIrN2-2. The second-order valence-electron chi connectivity index (χ2n) is 6.68. The van der Waals surface area contributed by atoms with Crippen LogP contribution in [0.1, 0.15) is 0 Å². The first-order chi connectivity index (χ1) is 15.3. The fourth-order valence-electron chi connectivity index (χ4n) is 3.10. The molecule has 0 aliphatic heterocycles. The maximum Gasteiger partial charge on any atom is 0.0379 e. The first kappa shape index (κ1) is 23.2. The van der Waals surface area contributed by atoms with Crippen molar-refractivity contribution in [2.24, 2.45) is 0 Å². The molecule has 2 aromatic heterocycles. The summed E-state index contributed by atoms with van der Waals surface area (Å²) in [6, 6.07) is 38.1. The van der Waals surface area contributed by atoms with Gasteiger partial charge in [0.05, 0.1) is 0 Å². The van der Waals surface area contributed by atoms with E-state index in [-0.39, 0.29) is 25.9 Å². The standard InChI is InChI=1S/C17H11FN.C11H8N.Ir/c18-15-10-8-14(9-11-15)17-16(7-4-12-19-17)13-5-2-1-3-6-13;1-2-6-10(7-3-1)11-8-4-5-9-12-11;/h1-8,10-12H;1-6,8-9H;/q2*-1;. The molecule has 5 aromatic rings. The minimum atomic E-state index is -0.291. The summed E-state index contributed by atoms with van der Waals surface area (Å²) in [5.74, 6) is -0.291. The van der Waals surface area contributed by atoms with Crippen molar-refractivity contribution >= 4 is 0 Å². The van der Waals surface area contributed by atoms with E-state index in [0.29, 0.717) is 0 Å². The van der Waals surface area contributed by atoms with Crippen LogP contribution in [-0.2, 0) is 20.1 Å². The van der Waals surface area contributed by atoms with E-state index in [9.17, 15) is 4.39 Å². The van der Waals surface area contributed by atoms with E-state index in [1.807, 2.05) is 84.9 Å². The molecule has 4 heteroatoms. The minimum absolute atomic E-state index is 0. The normalized spacial score (nSPS) is 9.78. The molecule has 0 spiro atoms. The molecule has 0 amide bonds. The summed E-state index contributed by atoms with van der Waals surface area (Å²) in [6.07, 6.45) is 3.52. The molecule has 5 rings (SSSR count). The molecule has 2 nitrogen and oxygen atoms in total. The molecule has 1 radical (unpaired) electrons. The van der Waals surface area contributed by atoms with Crippen LogP contribution in [0.25, 0.3) is 33.6 Å². The Balaban J connectivity index is 0.000000193. The van der Waals surface area contributed by atoms with Gasteiger partial charge in [0.1, 0.15) is 0 Å². The molecule has 0 fully saturated rings. The van der Waals surface area contributed by atoms with Crippen molar-refractivity contribution in [1.82, 2.24) is 9.97 Å². The topological polar surface area (TPSA) is 25.8 Å². The fourth-order valence-corrected chi connectivity index (χ4v) is 3.10. The largest absolute Gasteiger partial charge is 0.305 e. The Morgan fingerprint density at radius 2 is 1.41 bits per heavy atom. The number of pyridine rings is 2. The van der Waals surface area contributed by atoms with Gasteiger partial charge in [-0.25, -0.2) is 0 Å². The average molecular weight is 595 g/mol. The molecule has 0 aliphatic carbocycles. The number of rotatable bonds is 3. The second-order valence-corrected chi connectivity index (χ2v) is 6.68. The summed E-state index contributed by atoms with van der Waals surface area (Å²) in [7, 11) is 0. The van der Waals surface area contributed by atoms with E-state index in [4.69, 9.17) is 0 Å². The smallest absolute Gasteiger partial charge is 0.0379 e. The number of nitrogens with zero attached hydrogens (tertiary/aromatic N) is 2. The van der Waals surface area contributed by atoms with Gasteiger partial charge < -0.3 is 9.97 Å². The van der Waals surface area contributed by atoms with Gasteiger partial charge in [-0.15, -0.1) is 65.7 Å². The molecule has 2 heterocycles. The van der Waals surface area contributed by atoms with Crippen molar-refractivity contribution in [3.05, 3.63) is 133 Å². The van der Waals surface area contributed by atoms with E-state index in [2.05, 4.69) is 22.1 Å². The van der Waals surface area contributed by atoms with Crippen molar-refractivity contribution < 1.29 is 24.5 Å². The van der Waals surface area contributed by atoms with Crippen LogP contribution in [0.4, 0.5) is 4.39 Å². The summed E-state index contributed by atoms with van der Waals surface area (Å²) in [5.41, 5.74) is 5.72. The molecule has 0 bridgehead atoms. The average Bonchev–Trinajstić information content (AvgIpc) is 2.87. The Labute approximate surface area is 201 Å². The van der Waals surface area contributed by atoms with Crippen LogP contribution >= 0.6 is 0 Å². The third-order valence-corrected chi connectivity index (χ3v) is 4.57. The molecule has 0 saturated heterocycles. The predicted molar refractivity (Wildman–Crippen MR) is 122 cm³/mol. The van der Waals surface area contributed by atoms with Crippen LogP contribution in [0.2, 0.25) is 0 Å². The van der Waals surface area contributed by atoms with E-state index in [1.165, 1.54) is 12.1 Å². The Morgan fingerprint density at radius 1 is 0.625 bits per heavy atom. The Kier molecular flexibility index (Phi) is 8.56. The molecule has 0 N–H and O–H groups in total. The van der Waals surface area contributed by atoms with E-state index in [0.717, 1.165) is 33.6 Å². The van der Waals surface area contributed by atoms with Gasteiger partial charge in [-0.2, -0.15) is 0 Å². The number of hydrogen-bond acceptors (Lipinski definition) is 2. The quantitative estimate of drug-likeness (QED) is 0.213. The monoisotopic (exact) mass is 595 g/mol. The van der Waals surface area contributed by atoms with Crippen LogP contribution < -0.4 is 0 Å². The number of benzene rings is 3. The van der Waals surface area contributed by atoms with E-state index >= 15 is 0 Å². The van der Waals surface area contributed by atoms with Gasteiger partial charge in [-0.05, 0) is 34.6 Å². The Morgan fingerprint density at radius 3 is 2.09 bits per heavy atom. The van der Waals surface area contributed by atoms with Crippen molar-refractivity contribution in [3.8, 4) is 33.6 Å². The third kappa shape index (κ3) is 6.04. The molecule has 0 aliphatic rings. The van der Waals surface area contributed by atoms with Crippen molar-refractivity contribution in [2.75, 3.05) is 0 Å². The second kappa shape index (κ2) is 11.8. The van der Waals surface area contributed by atoms with Gasteiger partial charge in [0.2, 0.25) is 0 Å². The van der Waals surface area contributed by atoms with E-state index in [1.54, 1.807) is 18.5 Å². The summed E-state index contributed by atoms with van der Waals surface area (Å²) in [6.45, 7) is 0. The molecule has 0 saturated carbocycles.